The highest BCUT2D eigenvalue weighted by atomic mass is 16.4. The number of carboxylic acids is 1. The summed E-state index contributed by atoms with van der Waals surface area (Å²) in [6.45, 7) is 0. The van der Waals surface area contributed by atoms with E-state index in [1.165, 1.54) is 24.5 Å². The molecule has 0 fully saturated rings. The lowest BCUT2D eigenvalue weighted by Gasteiger charge is -2.02. The smallest absolute Gasteiger partial charge is 0.303 e. The van der Waals surface area contributed by atoms with Crippen LogP contribution in [-0.2, 0) is 9.59 Å². The number of rotatable bonds is 4. The summed E-state index contributed by atoms with van der Waals surface area (Å²) in [5.74, 6) is -2.24. The molecule has 6 heteroatoms. The van der Waals surface area contributed by atoms with Crippen molar-refractivity contribution < 1.29 is 19.5 Å². The van der Waals surface area contributed by atoms with Gasteiger partial charge >= 0.3 is 5.97 Å². The van der Waals surface area contributed by atoms with E-state index in [-0.39, 0.29) is 12.8 Å². The summed E-state index contributed by atoms with van der Waals surface area (Å²) in [5.41, 5.74) is 0.304. The predicted molar refractivity (Wildman–Crippen MR) is 53.6 cm³/mol. The van der Waals surface area contributed by atoms with E-state index in [2.05, 4.69) is 10.3 Å². The maximum atomic E-state index is 11.4. The summed E-state index contributed by atoms with van der Waals surface area (Å²) in [7, 11) is 0. The second-order valence-corrected chi connectivity index (χ2v) is 3.01. The Balaban J connectivity index is 2.46. The molecule has 0 saturated carbocycles. The first-order valence-corrected chi connectivity index (χ1v) is 4.55. The van der Waals surface area contributed by atoms with Gasteiger partial charge in [-0.25, -0.2) is 0 Å². The van der Waals surface area contributed by atoms with Crippen LogP contribution >= 0.6 is 0 Å². The van der Waals surface area contributed by atoms with Crippen molar-refractivity contribution in [1.29, 1.82) is 0 Å². The van der Waals surface area contributed by atoms with Crippen molar-refractivity contribution in [2.24, 2.45) is 0 Å². The molecule has 84 valence electrons. The first-order valence-electron chi connectivity index (χ1n) is 4.55. The number of amides is 2. The predicted octanol–water partition coefficient (Wildman–Crippen LogP) is 0.203. The fourth-order valence-electron chi connectivity index (χ4n) is 0.985. The molecule has 1 aromatic heterocycles. The van der Waals surface area contributed by atoms with Crippen molar-refractivity contribution >= 4 is 17.8 Å². The zero-order chi connectivity index (χ0) is 12.0. The van der Waals surface area contributed by atoms with Gasteiger partial charge < -0.3 is 5.11 Å². The van der Waals surface area contributed by atoms with Gasteiger partial charge in [-0.1, -0.05) is 0 Å². The molecule has 0 aliphatic carbocycles. The zero-order valence-corrected chi connectivity index (χ0v) is 8.34. The van der Waals surface area contributed by atoms with Gasteiger partial charge in [0.2, 0.25) is 5.91 Å². The number of imide groups is 1. The van der Waals surface area contributed by atoms with Crippen molar-refractivity contribution in [2.45, 2.75) is 12.8 Å². The van der Waals surface area contributed by atoms with Crippen molar-refractivity contribution in [3.63, 3.8) is 0 Å². The molecule has 0 bridgehead atoms. The SMILES string of the molecule is O=C(O)CCC(=O)NC(=O)c1ccncc1. The summed E-state index contributed by atoms with van der Waals surface area (Å²) in [6, 6.07) is 2.92. The topological polar surface area (TPSA) is 96.4 Å². The maximum Gasteiger partial charge on any atom is 0.303 e. The van der Waals surface area contributed by atoms with Crippen LogP contribution in [0.5, 0.6) is 0 Å². The number of aliphatic carboxylic acids is 1. The van der Waals surface area contributed by atoms with Gasteiger partial charge in [0, 0.05) is 24.4 Å². The molecular weight excluding hydrogens is 212 g/mol. The summed E-state index contributed by atoms with van der Waals surface area (Å²) in [6.07, 6.45) is 2.34. The highest BCUT2D eigenvalue weighted by Gasteiger charge is 2.10. The molecule has 2 amide bonds. The zero-order valence-electron chi connectivity index (χ0n) is 8.34. The van der Waals surface area contributed by atoms with E-state index in [9.17, 15) is 14.4 Å². The Kier molecular flexibility index (Phi) is 4.14. The summed E-state index contributed by atoms with van der Waals surface area (Å²) in [5, 5.41) is 10.4. The van der Waals surface area contributed by atoms with Gasteiger partial charge in [0.15, 0.2) is 0 Å². The quantitative estimate of drug-likeness (QED) is 0.758. The maximum absolute atomic E-state index is 11.4. The number of hydrogen-bond acceptors (Lipinski definition) is 4. The normalized spacial score (nSPS) is 9.50. The van der Waals surface area contributed by atoms with E-state index in [0.717, 1.165) is 0 Å². The summed E-state index contributed by atoms with van der Waals surface area (Å²) in [4.78, 5) is 36.4. The van der Waals surface area contributed by atoms with Crippen molar-refractivity contribution in [2.75, 3.05) is 0 Å². The van der Waals surface area contributed by atoms with Crippen molar-refractivity contribution in [1.82, 2.24) is 10.3 Å². The molecule has 1 rings (SSSR count). The second kappa shape index (κ2) is 5.59. The van der Waals surface area contributed by atoms with Crippen LogP contribution in [0.25, 0.3) is 0 Å². The third-order valence-corrected chi connectivity index (χ3v) is 1.76. The van der Waals surface area contributed by atoms with Crippen LogP contribution in [0, 0.1) is 0 Å². The van der Waals surface area contributed by atoms with Crippen LogP contribution in [0.15, 0.2) is 24.5 Å². The fourth-order valence-corrected chi connectivity index (χ4v) is 0.985. The van der Waals surface area contributed by atoms with Gasteiger partial charge in [-0.05, 0) is 12.1 Å². The highest BCUT2D eigenvalue weighted by molar-refractivity contribution is 6.04. The largest absolute Gasteiger partial charge is 0.481 e. The third kappa shape index (κ3) is 3.87. The van der Waals surface area contributed by atoms with E-state index >= 15 is 0 Å². The van der Waals surface area contributed by atoms with E-state index < -0.39 is 17.8 Å². The Morgan fingerprint density at radius 2 is 1.81 bits per heavy atom. The summed E-state index contributed by atoms with van der Waals surface area (Å²) >= 11 is 0. The van der Waals surface area contributed by atoms with Gasteiger partial charge in [0.1, 0.15) is 0 Å². The first-order chi connectivity index (χ1) is 7.59. The van der Waals surface area contributed by atoms with E-state index in [4.69, 9.17) is 5.11 Å². The number of nitrogens with zero attached hydrogens (tertiary/aromatic N) is 1. The van der Waals surface area contributed by atoms with Gasteiger partial charge in [0.05, 0.1) is 6.42 Å². The second-order valence-electron chi connectivity index (χ2n) is 3.01. The van der Waals surface area contributed by atoms with E-state index in [1.807, 2.05) is 0 Å². The molecule has 1 heterocycles. The highest BCUT2D eigenvalue weighted by Crippen LogP contribution is 1.96. The average Bonchev–Trinajstić information content (AvgIpc) is 2.27. The lowest BCUT2D eigenvalue weighted by molar-refractivity contribution is -0.138. The molecular formula is C10H10N2O4. The molecule has 0 aliphatic heterocycles. The van der Waals surface area contributed by atoms with Gasteiger partial charge in [-0.3, -0.25) is 24.7 Å². The number of pyridine rings is 1. The van der Waals surface area contributed by atoms with Gasteiger partial charge in [-0.15, -0.1) is 0 Å². The van der Waals surface area contributed by atoms with Crippen LogP contribution in [0.2, 0.25) is 0 Å². The van der Waals surface area contributed by atoms with Crippen molar-refractivity contribution in [3.8, 4) is 0 Å². The molecule has 0 unspecified atom stereocenters. The molecule has 0 aromatic carbocycles. The van der Waals surface area contributed by atoms with Crippen LogP contribution in [0.4, 0.5) is 0 Å². The standard InChI is InChI=1S/C10H10N2O4/c13-8(1-2-9(14)15)12-10(16)7-3-5-11-6-4-7/h3-6H,1-2H2,(H,14,15)(H,12,13,16). The number of aromatic nitrogens is 1. The number of carboxylic acid groups (broad SMARTS) is 1. The van der Waals surface area contributed by atoms with Crippen LogP contribution in [0.3, 0.4) is 0 Å². The molecule has 0 spiro atoms. The minimum atomic E-state index is -1.08. The Hall–Kier alpha value is -2.24. The minimum absolute atomic E-state index is 0.216. The number of hydrogen-bond donors (Lipinski definition) is 2. The molecule has 16 heavy (non-hydrogen) atoms. The third-order valence-electron chi connectivity index (χ3n) is 1.76. The minimum Gasteiger partial charge on any atom is -0.481 e. The average molecular weight is 222 g/mol. The first kappa shape index (κ1) is 11.8. The van der Waals surface area contributed by atoms with E-state index in [1.54, 1.807) is 0 Å². The van der Waals surface area contributed by atoms with E-state index in [0.29, 0.717) is 5.56 Å². The Bertz CT molecular complexity index is 403. The lowest BCUT2D eigenvalue weighted by Crippen LogP contribution is -2.30. The molecule has 6 nitrogen and oxygen atoms in total. The fraction of sp³-hybridized carbons (Fsp3) is 0.200. The van der Waals surface area contributed by atoms with Gasteiger partial charge in [-0.2, -0.15) is 0 Å². The molecule has 1 aromatic rings. The number of nitrogens with one attached hydrogen (secondary N) is 1. The van der Waals surface area contributed by atoms with Gasteiger partial charge in [0.25, 0.3) is 5.91 Å². The molecule has 0 saturated heterocycles. The molecule has 2 N–H and O–H groups in total. The molecule has 0 radical (unpaired) electrons. The van der Waals surface area contributed by atoms with Crippen LogP contribution in [0.1, 0.15) is 23.2 Å². The lowest BCUT2D eigenvalue weighted by atomic mass is 10.2. The Labute approximate surface area is 91.3 Å². The Morgan fingerprint density at radius 1 is 1.19 bits per heavy atom. The Morgan fingerprint density at radius 3 is 2.38 bits per heavy atom. The van der Waals surface area contributed by atoms with Crippen molar-refractivity contribution in [3.05, 3.63) is 30.1 Å². The molecule has 0 aliphatic rings. The summed E-state index contributed by atoms with van der Waals surface area (Å²) < 4.78 is 0. The number of carbonyl (C=O) groups is 3. The van der Waals surface area contributed by atoms with Crippen LogP contribution in [-0.4, -0.2) is 27.9 Å². The molecule has 0 atom stereocenters. The van der Waals surface area contributed by atoms with Crippen LogP contribution < -0.4 is 5.32 Å². The number of carbonyl (C=O) groups excluding carboxylic acids is 2. The monoisotopic (exact) mass is 222 g/mol.